The van der Waals surface area contributed by atoms with Crippen LogP contribution in [0.15, 0.2) is 5.38 Å². The molecule has 1 saturated carbocycles. The summed E-state index contributed by atoms with van der Waals surface area (Å²) in [6.45, 7) is 1.97. The van der Waals surface area contributed by atoms with Crippen molar-refractivity contribution in [3.63, 3.8) is 0 Å². The first-order valence-corrected chi connectivity index (χ1v) is 6.54. The number of hydrogen-bond acceptors (Lipinski definition) is 4. The summed E-state index contributed by atoms with van der Waals surface area (Å²) in [4.78, 5) is 6.53. The molecule has 5 heteroatoms. The van der Waals surface area contributed by atoms with Gasteiger partial charge in [0.1, 0.15) is 5.15 Å². The molecule has 1 aliphatic carbocycles. The maximum absolute atomic E-state index is 9.80. The number of nitrogens with zero attached hydrogens (tertiary/aromatic N) is 2. The summed E-state index contributed by atoms with van der Waals surface area (Å²) in [5.74, 6) is 1.11. The van der Waals surface area contributed by atoms with Crippen LogP contribution in [0.5, 0.6) is 0 Å². The van der Waals surface area contributed by atoms with Crippen molar-refractivity contribution >= 4 is 28.1 Å². The van der Waals surface area contributed by atoms with Gasteiger partial charge in [-0.25, -0.2) is 4.98 Å². The predicted molar refractivity (Wildman–Crippen MR) is 61.6 cm³/mol. The number of thiazole rings is 1. The third-order valence-electron chi connectivity index (χ3n) is 3.55. The van der Waals surface area contributed by atoms with E-state index >= 15 is 0 Å². The predicted octanol–water partition coefficient (Wildman–Crippen LogP) is 2.00. The molecule has 3 rings (SSSR count). The fraction of sp³-hybridized carbons (Fsp3) is 0.700. The van der Waals surface area contributed by atoms with Gasteiger partial charge in [-0.15, -0.1) is 11.3 Å². The smallest absolute Gasteiger partial charge is 0.186 e. The van der Waals surface area contributed by atoms with Gasteiger partial charge in [-0.3, -0.25) is 0 Å². The Balaban J connectivity index is 1.77. The van der Waals surface area contributed by atoms with E-state index in [1.807, 2.05) is 5.38 Å². The van der Waals surface area contributed by atoms with Crippen LogP contribution in [0.25, 0.3) is 0 Å². The molecule has 0 amide bonds. The van der Waals surface area contributed by atoms with Crippen molar-refractivity contribution in [1.29, 1.82) is 0 Å². The van der Waals surface area contributed by atoms with Gasteiger partial charge in [0.25, 0.3) is 0 Å². The number of rotatable bonds is 1. The summed E-state index contributed by atoms with van der Waals surface area (Å²) in [5, 5.41) is 13.2. The lowest BCUT2D eigenvalue weighted by molar-refractivity contribution is 0.133. The van der Waals surface area contributed by atoms with Crippen LogP contribution >= 0.6 is 22.9 Å². The average molecular weight is 245 g/mol. The second kappa shape index (κ2) is 3.61. The third-order valence-corrected chi connectivity index (χ3v) is 4.78. The monoisotopic (exact) mass is 244 g/mol. The van der Waals surface area contributed by atoms with E-state index in [4.69, 9.17) is 11.6 Å². The minimum atomic E-state index is -0.101. The van der Waals surface area contributed by atoms with Crippen molar-refractivity contribution in [2.45, 2.75) is 18.9 Å². The van der Waals surface area contributed by atoms with Gasteiger partial charge in [-0.2, -0.15) is 0 Å². The molecule has 2 heterocycles. The van der Waals surface area contributed by atoms with E-state index in [9.17, 15) is 5.11 Å². The molecule has 0 aromatic carbocycles. The van der Waals surface area contributed by atoms with Crippen LogP contribution in [0.2, 0.25) is 5.15 Å². The van der Waals surface area contributed by atoms with E-state index < -0.39 is 0 Å². The zero-order valence-electron chi connectivity index (χ0n) is 8.27. The Morgan fingerprint density at radius 2 is 2.33 bits per heavy atom. The highest BCUT2D eigenvalue weighted by Crippen LogP contribution is 2.40. The van der Waals surface area contributed by atoms with Crippen LogP contribution < -0.4 is 4.90 Å². The Morgan fingerprint density at radius 1 is 1.47 bits per heavy atom. The Hall–Kier alpha value is -0.320. The fourth-order valence-corrected chi connectivity index (χ4v) is 3.75. The van der Waals surface area contributed by atoms with Crippen molar-refractivity contribution in [3.8, 4) is 0 Å². The fourth-order valence-electron chi connectivity index (χ4n) is 2.78. The molecule has 3 atom stereocenters. The molecule has 82 valence electrons. The minimum Gasteiger partial charge on any atom is -0.393 e. The quantitative estimate of drug-likeness (QED) is 0.821. The summed E-state index contributed by atoms with van der Waals surface area (Å²) >= 11 is 7.40. The average Bonchev–Trinajstić information content (AvgIpc) is 2.84. The van der Waals surface area contributed by atoms with E-state index in [-0.39, 0.29) is 6.10 Å². The first-order valence-electron chi connectivity index (χ1n) is 5.28. The highest BCUT2D eigenvalue weighted by Gasteiger charge is 2.42. The zero-order chi connectivity index (χ0) is 10.4. The van der Waals surface area contributed by atoms with Crippen LogP contribution in [0.4, 0.5) is 5.13 Å². The van der Waals surface area contributed by atoms with Crippen molar-refractivity contribution in [2.24, 2.45) is 11.8 Å². The van der Waals surface area contributed by atoms with E-state index in [2.05, 4.69) is 9.88 Å². The Kier molecular flexibility index (Phi) is 2.38. The summed E-state index contributed by atoms with van der Waals surface area (Å²) in [7, 11) is 0. The van der Waals surface area contributed by atoms with E-state index in [0.29, 0.717) is 17.0 Å². The van der Waals surface area contributed by atoms with E-state index in [0.717, 1.165) is 31.1 Å². The van der Waals surface area contributed by atoms with Gasteiger partial charge < -0.3 is 10.0 Å². The highest BCUT2D eigenvalue weighted by atomic mass is 35.5. The molecule has 3 unspecified atom stereocenters. The number of anilines is 1. The van der Waals surface area contributed by atoms with Crippen LogP contribution in [0.1, 0.15) is 12.8 Å². The minimum absolute atomic E-state index is 0.101. The molecular weight excluding hydrogens is 232 g/mol. The van der Waals surface area contributed by atoms with E-state index in [1.165, 1.54) is 0 Å². The molecule has 2 aliphatic rings. The van der Waals surface area contributed by atoms with E-state index in [1.54, 1.807) is 11.3 Å². The number of hydrogen-bond donors (Lipinski definition) is 1. The van der Waals surface area contributed by atoms with Crippen LogP contribution in [-0.2, 0) is 0 Å². The zero-order valence-corrected chi connectivity index (χ0v) is 9.84. The first-order chi connectivity index (χ1) is 7.24. The molecule has 0 spiro atoms. The SMILES string of the molecule is OC1CCC2CN(c3nc(Cl)cs3)CC12. The number of aromatic nitrogens is 1. The Morgan fingerprint density at radius 3 is 3.00 bits per heavy atom. The summed E-state index contributed by atoms with van der Waals surface area (Å²) < 4.78 is 0. The lowest BCUT2D eigenvalue weighted by Crippen LogP contribution is -2.24. The van der Waals surface area contributed by atoms with Crippen molar-refractivity contribution in [3.05, 3.63) is 10.5 Å². The lowest BCUT2D eigenvalue weighted by Gasteiger charge is -2.16. The molecule has 0 bridgehead atoms. The molecule has 2 fully saturated rings. The molecule has 1 aromatic rings. The highest BCUT2D eigenvalue weighted by molar-refractivity contribution is 7.14. The summed E-state index contributed by atoms with van der Waals surface area (Å²) in [6, 6.07) is 0. The standard InChI is InChI=1S/C10H13ClN2OS/c11-9-5-15-10(12-9)13-3-6-1-2-8(14)7(6)4-13/h5-8,14H,1-4H2. The number of fused-ring (bicyclic) bond motifs is 1. The summed E-state index contributed by atoms with van der Waals surface area (Å²) in [6.07, 6.45) is 2.03. The molecule has 1 aromatic heterocycles. The van der Waals surface area contributed by atoms with Crippen LogP contribution in [0, 0.1) is 11.8 Å². The van der Waals surface area contributed by atoms with Crippen molar-refractivity contribution < 1.29 is 5.11 Å². The molecule has 3 nitrogen and oxygen atoms in total. The Bertz CT molecular complexity index is 370. The maximum Gasteiger partial charge on any atom is 0.186 e. The number of halogens is 1. The summed E-state index contributed by atoms with van der Waals surface area (Å²) in [5.41, 5.74) is 0. The first kappa shape index (κ1) is 9.87. The van der Waals surface area contributed by atoms with Gasteiger partial charge in [0.05, 0.1) is 6.10 Å². The molecule has 0 radical (unpaired) electrons. The van der Waals surface area contributed by atoms with Gasteiger partial charge in [0.2, 0.25) is 0 Å². The molecule has 1 saturated heterocycles. The maximum atomic E-state index is 9.80. The normalized spacial score (nSPS) is 34.8. The molecule has 15 heavy (non-hydrogen) atoms. The van der Waals surface area contributed by atoms with Crippen LogP contribution in [0.3, 0.4) is 0 Å². The molecule has 1 aliphatic heterocycles. The van der Waals surface area contributed by atoms with Gasteiger partial charge in [0.15, 0.2) is 5.13 Å². The lowest BCUT2D eigenvalue weighted by atomic mass is 10.00. The van der Waals surface area contributed by atoms with Crippen molar-refractivity contribution in [2.75, 3.05) is 18.0 Å². The van der Waals surface area contributed by atoms with Crippen LogP contribution in [-0.4, -0.2) is 29.3 Å². The van der Waals surface area contributed by atoms with Gasteiger partial charge in [-0.1, -0.05) is 11.6 Å². The number of aliphatic hydroxyl groups excluding tert-OH is 1. The topological polar surface area (TPSA) is 36.4 Å². The van der Waals surface area contributed by atoms with Gasteiger partial charge in [0, 0.05) is 24.4 Å². The Labute approximate surface area is 97.7 Å². The second-order valence-corrected chi connectivity index (χ2v) is 5.65. The molecule has 1 N–H and O–H groups in total. The number of aliphatic hydroxyl groups is 1. The molecular formula is C10H13ClN2OS. The second-order valence-electron chi connectivity index (χ2n) is 4.43. The third kappa shape index (κ3) is 1.65. The van der Waals surface area contributed by atoms with Crippen molar-refractivity contribution in [1.82, 2.24) is 4.98 Å². The largest absolute Gasteiger partial charge is 0.393 e. The van der Waals surface area contributed by atoms with Gasteiger partial charge in [-0.05, 0) is 18.8 Å². The van der Waals surface area contributed by atoms with Gasteiger partial charge >= 0.3 is 0 Å².